The maximum absolute atomic E-state index is 13.5. The van der Waals surface area contributed by atoms with Crippen LogP contribution in [-0.4, -0.2) is 6.54 Å². The van der Waals surface area contributed by atoms with Crippen LogP contribution in [0.3, 0.4) is 0 Å². The largest absolute Gasteiger partial charge is 0.307 e. The lowest BCUT2D eigenvalue weighted by atomic mass is 9.98. The van der Waals surface area contributed by atoms with Crippen molar-refractivity contribution in [1.29, 1.82) is 0 Å². The number of rotatable bonds is 4. The molecule has 3 heteroatoms. The van der Waals surface area contributed by atoms with E-state index in [-0.39, 0.29) is 16.9 Å². The smallest absolute Gasteiger partial charge is 0.142 e. The molecule has 1 aliphatic carbocycles. The van der Waals surface area contributed by atoms with Crippen LogP contribution in [0.4, 0.5) is 4.39 Å². The summed E-state index contributed by atoms with van der Waals surface area (Å²) >= 11 is 6.06. The summed E-state index contributed by atoms with van der Waals surface area (Å²) < 4.78 is 13.5. The molecule has 0 heterocycles. The highest BCUT2D eigenvalue weighted by atomic mass is 35.5. The third-order valence-electron chi connectivity index (χ3n) is 3.15. The molecule has 0 amide bonds. The molecule has 0 aromatic heterocycles. The Morgan fingerprint density at radius 3 is 2.94 bits per heavy atom. The molecule has 17 heavy (non-hydrogen) atoms. The lowest BCUT2D eigenvalue weighted by Crippen LogP contribution is -2.22. The van der Waals surface area contributed by atoms with Crippen LogP contribution < -0.4 is 5.32 Å². The normalized spacial score (nSPS) is 17.0. The monoisotopic (exact) mass is 253 g/mol. The van der Waals surface area contributed by atoms with Gasteiger partial charge in [-0.15, -0.1) is 0 Å². The van der Waals surface area contributed by atoms with Crippen molar-refractivity contribution in [3.63, 3.8) is 0 Å². The zero-order chi connectivity index (χ0) is 12.3. The molecule has 0 spiro atoms. The molecule has 0 radical (unpaired) electrons. The van der Waals surface area contributed by atoms with Crippen LogP contribution in [0.2, 0.25) is 5.02 Å². The van der Waals surface area contributed by atoms with Crippen molar-refractivity contribution in [1.82, 2.24) is 5.32 Å². The molecular weight excluding hydrogens is 237 g/mol. The second-order valence-corrected chi connectivity index (χ2v) is 4.68. The van der Waals surface area contributed by atoms with Crippen LogP contribution >= 0.6 is 11.6 Å². The number of likely N-dealkylation sites (N-methyl/N-ethyl adjacent to an activating group) is 1. The Kier molecular flexibility index (Phi) is 4.19. The minimum atomic E-state index is -0.342. The van der Waals surface area contributed by atoms with Crippen molar-refractivity contribution >= 4 is 11.6 Å². The van der Waals surface area contributed by atoms with E-state index in [9.17, 15) is 4.39 Å². The fourth-order valence-corrected chi connectivity index (χ4v) is 2.58. The van der Waals surface area contributed by atoms with Crippen LogP contribution in [0.25, 0.3) is 0 Å². The van der Waals surface area contributed by atoms with Crippen molar-refractivity contribution in [3.05, 3.63) is 46.3 Å². The molecule has 1 aliphatic rings. The van der Waals surface area contributed by atoms with Gasteiger partial charge in [0.15, 0.2) is 0 Å². The topological polar surface area (TPSA) is 12.0 Å². The summed E-state index contributed by atoms with van der Waals surface area (Å²) in [5.74, 6) is -0.342. The van der Waals surface area contributed by atoms with Gasteiger partial charge in [-0.2, -0.15) is 0 Å². The predicted molar refractivity (Wildman–Crippen MR) is 69.8 cm³/mol. The molecule has 0 bridgehead atoms. The standard InChI is InChI=1S/C14H17ClFN/c1-2-17-14(10-6-3-4-7-10)11-8-5-9-12(16)13(11)15/h5-6,8-9,14,17H,2-4,7H2,1H3. The van der Waals surface area contributed by atoms with E-state index >= 15 is 0 Å². The quantitative estimate of drug-likeness (QED) is 0.792. The van der Waals surface area contributed by atoms with E-state index < -0.39 is 0 Å². The number of allylic oxidation sites excluding steroid dienone is 1. The first kappa shape index (κ1) is 12.6. The fraction of sp³-hybridized carbons (Fsp3) is 0.429. The summed E-state index contributed by atoms with van der Waals surface area (Å²) in [5, 5.41) is 3.63. The molecule has 1 unspecified atom stereocenters. The van der Waals surface area contributed by atoms with Crippen LogP contribution in [0.15, 0.2) is 29.8 Å². The second-order valence-electron chi connectivity index (χ2n) is 4.31. The van der Waals surface area contributed by atoms with E-state index in [0.29, 0.717) is 0 Å². The van der Waals surface area contributed by atoms with Gasteiger partial charge in [0.2, 0.25) is 0 Å². The number of hydrogen-bond acceptors (Lipinski definition) is 1. The van der Waals surface area contributed by atoms with E-state index in [1.54, 1.807) is 6.07 Å². The summed E-state index contributed by atoms with van der Waals surface area (Å²) in [5.41, 5.74) is 2.18. The van der Waals surface area contributed by atoms with Gasteiger partial charge in [-0.3, -0.25) is 0 Å². The molecule has 1 N–H and O–H groups in total. The van der Waals surface area contributed by atoms with Crippen LogP contribution in [-0.2, 0) is 0 Å². The summed E-state index contributed by atoms with van der Waals surface area (Å²) in [6, 6.07) is 5.08. The van der Waals surface area contributed by atoms with E-state index in [4.69, 9.17) is 11.6 Å². The van der Waals surface area contributed by atoms with E-state index in [0.717, 1.165) is 24.9 Å². The number of nitrogens with one attached hydrogen (secondary N) is 1. The Bertz CT molecular complexity index is 428. The van der Waals surface area contributed by atoms with Gasteiger partial charge in [-0.05, 0) is 37.4 Å². The van der Waals surface area contributed by atoms with Crippen molar-refractivity contribution in [3.8, 4) is 0 Å². The highest BCUT2D eigenvalue weighted by Gasteiger charge is 2.21. The first-order chi connectivity index (χ1) is 8.24. The number of halogens is 2. The molecule has 1 aromatic carbocycles. The Morgan fingerprint density at radius 1 is 1.47 bits per heavy atom. The average Bonchev–Trinajstić information content (AvgIpc) is 2.84. The molecule has 0 fully saturated rings. The highest BCUT2D eigenvalue weighted by Crippen LogP contribution is 2.34. The van der Waals surface area contributed by atoms with Gasteiger partial charge < -0.3 is 5.32 Å². The van der Waals surface area contributed by atoms with Crippen molar-refractivity contribution < 1.29 is 4.39 Å². The second kappa shape index (κ2) is 5.65. The van der Waals surface area contributed by atoms with Gasteiger partial charge >= 0.3 is 0 Å². The summed E-state index contributed by atoms with van der Waals surface area (Å²) in [6.45, 7) is 2.89. The first-order valence-electron chi connectivity index (χ1n) is 6.10. The minimum absolute atomic E-state index is 0.0608. The molecule has 2 rings (SSSR count). The lowest BCUT2D eigenvalue weighted by molar-refractivity contribution is 0.589. The van der Waals surface area contributed by atoms with Gasteiger partial charge in [0.05, 0.1) is 11.1 Å². The van der Waals surface area contributed by atoms with Crippen LogP contribution in [0, 0.1) is 5.82 Å². The van der Waals surface area contributed by atoms with E-state index in [1.807, 2.05) is 6.07 Å². The average molecular weight is 254 g/mol. The molecule has 1 aromatic rings. The zero-order valence-corrected chi connectivity index (χ0v) is 10.7. The van der Waals surface area contributed by atoms with Gasteiger partial charge in [-0.1, -0.05) is 42.3 Å². The van der Waals surface area contributed by atoms with Gasteiger partial charge in [0, 0.05) is 0 Å². The maximum atomic E-state index is 13.5. The first-order valence-corrected chi connectivity index (χ1v) is 6.48. The maximum Gasteiger partial charge on any atom is 0.142 e. The van der Waals surface area contributed by atoms with E-state index in [1.165, 1.54) is 18.1 Å². The summed E-state index contributed by atoms with van der Waals surface area (Å²) in [4.78, 5) is 0. The fourth-order valence-electron chi connectivity index (χ4n) is 2.35. The number of benzene rings is 1. The molecule has 0 saturated carbocycles. The number of hydrogen-bond donors (Lipinski definition) is 1. The van der Waals surface area contributed by atoms with Crippen LogP contribution in [0.5, 0.6) is 0 Å². The zero-order valence-electron chi connectivity index (χ0n) is 9.97. The minimum Gasteiger partial charge on any atom is -0.307 e. The molecule has 1 atom stereocenters. The molecule has 1 nitrogen and oxygen atoms in total. The van der Waals surface area contributed by atoms with Gasteiger partial charge in [0.1, 0.15) is 5.82 Å². The molecule has 0 saturated heterocycles. The van der Waals surface area contributed by atoms with Gasteiger partial charge in [-0.25, -0.2) is 4.39 Å². The van der Waals surface area contributed by atoms with E-state index in [2.05, 4.69) is 18.3 Å². The third-order valence-corrected chi connectivity index (χ3v) is 3.55. The Labute approximate surface area is 107 Å². The Balaban J connectivity index is 2.35. The molecule has 92 valence electrons. The highest BCUT2D eigenvalue weighted by molar-refractivity contribution is 6.31. The van der Waals surface area contributed by atoms with Crippen molar-refractivity contribution in [2.45, 2.75) is 32.2 Å². The van der Waals surface area contributed by atoms with Crippen molar-refractivity contribution in [2.24, 2.45) is 0 Å². The predicted octanol–water partition coefficient (Wildman–Crippen LogP) is 4.24. The Morgan fingerprint density at radius 2 is 2.29 bits per heavy atom. The molecular formula is C14H17ClFN. The lowest BCUT2D eigenvalue weighted by Gasteiger charge is -2.21. The van der Waals surface area contributed by atoms with Crippen molar-refractivity contribution in [2.75, 3.05) is 6.54 Å². The SMILES string of the molecule is CCNC(C1=CCCC1)c1cccc(F)c1Cl. The van der Waals surface area contributed by atoms with Gasteiger partial charge in [0.25, 0.3) is 0 Å². The van der Waals surface area contributed by atoms with Crippen LogP contribution in [0.1, 0.15) is 37.8 Å². The molecule has 0 aliphatic heterocycles. The summed E-state index contributed by atoms with van der Waals surface area (Å²) in [6.07, 6.45) is 5.62. The third kappa shape index (κ3) is 2.70. The summed E-state index contributed by atoms with van der Waals surface area (Å²) in [7, 11) is 0. The Hall–Kier alpha value is -0.860.